The van der Waals surface area contributed by atoms with E-state index in [1.807, 2.05) is 11.3 Å². The van der Waals surface area contributed by atoms with Gasteiger partial charge in [0.1, 0.15) is 0 Å². The van der Waals surface area contributed by atoms with E-state index in [4.69, 9.17) is 0 Å². The number of nitrogens with zero attached hydrogens (tertiary/aromatic N) is 1. The third-order valence-corrected chi connectivity index (χ3v) is 6.50. The summed E-state index contributed by atoms with van der Waals surface area (Å²) >= 11 is 5.57. The zero-order valence-corrected chi connectivity index (χ0v) is 14.9. The van der Waals surface area contributed by atoms with Gasteiger partial charge in [-0.25, -0.2) is 0 Å². The number of hydrogen-bond donors (Lipinski definition) is 1. The van der Waals surface area contributed by atoms with Crippen LogP contribution in [0.3, 0.4) is 0 Å². The SMILES string of the molecule is CC(C)N1CCC(CNC2CCCc3sc(Br)cc32)C1. The molecule has 2 unspecified atom stereocenters. The van der Waals surface area contributed by atoms with Crippen molar-refractivity contribution in [2.24, 2.45) is 5.92 Å². The molecule has 0 saturated carbocycles. The van der Waals surface area contributed by atoms with Gasteiger partial charge in [0, 0.05) is 23.5 Å². The van der Waals surface area contributed by atoms with E-state index >= 15 is 0 Å². The van der Waals surface area contributed by atoms with Crippen LogP contribution in [0.25, 0.3) is 0 Å². The molecule has 1 aromatic rings. The molecule has 3 rings (SSSR count). The highest BCUT2D eigenvalue weighted by Gasteiger charge is 2.27. The highest BCUT2D eigenvalue weighted by Crippen LogP contribution is 2.38. The Morgan fingerprint density at radius 3 is 3.05 bits per heavy atom. The number of likely N-dealkylation sites (tertiary alicyclic amines) is 1. The third-order valence-electron chi connectivity index (χ3n) is 4.78. The molecule has 2 heterocycles. The molecule has 2 atom stereocenters. The lowest BCUT2D eigenvalue weighted by molar-refractivity contribution is 0.262. The predicted octanol–water partition coefficient (Wildman–Crippen LogP) is 4.21. The number of halogens is 1. The summed E-state index contributed by atoms with van der Waals surface area (Å²) in [5.74, 6) is 0.838. The van der Waals surface area contributed by atoms with Crippen molar-refractivity contribution in [1.82, 2.24) is 10.2 Å². The normalized spacial score (nSPS) is 27.2. The molecule has 20 heavy (non-hydrogen) atoms. The monoisotopic (exact) mass is 356 g/mol. The van der Waals surface area contributed by atoms with E-state index in [1.54, 1.807) is 10.4 Å². The Hall–Kier alpha value is 0.100. The lowest BCUT2D eigenvalue weighted by atomic mass is 9.93. The van der Waals surface area contributed by atoms with Crippen LogP contribution in [0.1, 0.15) is 49.6 Å². The van der Waals surface area contributed by atoms with Crippen LogP contribution < -0.4 is 5.32 Å². The lowest BCUT2D eigenvalue weighted by Gasteiger charge is -2.25. The molecule has 0 radical (unpaired) electrons. The molecule has 2 nitrogen and oxygen atoms in total. The van der Waals surface area contributed by atoms with Crippen LogP contribution in [-0.4, -0.2) is 30.6 Å². The van der Waals surface area contributed by atoms with Crippen LogP contribution in [0.15, 0.2) is 9.85 Å². The summed E-state index contributed by atoms with van der Waals surface area (Å²) < 4.78 is 1.29. The van der Waals surface area contributed by atoms with Crippen LogP contribution in [0.5, 0.6) is 0 Å². The van der Waals surface area contributed by atoms with Gasteiger partial charge < -0.3 is 10.2 Å². The lowest BCUT2D eigenvalue weighted by Crippen LogP contribution is -2.32. The van der Waals surface area contributed by atoms with Crippen molar-refractivity contribution in [2.45, 2.75) is 51.6 Å². The molecule has 1 aromatic heterocycles. The summed E-state index contributed by atoms with van der Waals surface area (Å²) in [4.78, 5) is 4.20. The molecule has 2 aliphatic rings. The molecule has 1 aliphatic heterocycles. The first kappa shape index (κ1) is 15.0. The van der Waals surface area contributed by atoms with Gasteiger partial charge in [0.15, 0.2) is 0 Å². The maximum atomic E-state index is 3.85. The fourth-order valence-corrected chi connectivity index (χ4v) is 5.36. The average molecular weight is 357 g/mol. The van der Waals surface area contributed by atoms with E-state index < -0.39 is 0 Å². The Bertz CT molecular complexity index is 457. The van der Waals surface area contributed by atoms with Crippen molar-refractivity contribution in [3.05, 3.63) is 20.3 Å². The molecule has 1 aliphatic carbocycles. The van der Waals surface area contributed by atoms with Gasteiger partial charge in [-0.3, -0.25) is 0 Å². The van der Waals surface area contributed by atoms with Gasteiger partial charge in [0.25, 0.3) is 0 Å². The quantitative estimate of drug-likeness (QED) is 0.869. The minimum Gasteiger partial charge on any atom is -0.310 e. The molecule has 1 N–H and O–H groups in total. The maximum Gasteiger partial charge on any atom is 0.0704 e. The summed E-state index contributed by atoms with van der Waals surface area (Å²) in [7, 11) is 0. The van der Waals surface area contributed by atoms with E-state index in [-0.39, 0.29) is 0 Å². The number of rotatable bonds is 4. The van der Waals surface area contributed by atoms with Crippen molar-refractivity contribution in [2.75, 3.05) is 19.6 Å². The van der Waals surface area contributed by atoms with Crippen LogP contribution in [-0.2, 0) is 6.42 Å². The van der Waals surface area contributed by atoms with E-state index in [2.05, 4.69) is 46.1 Å². The fourth-order valence-electron chi connectivity index (χ4n) is 3.54. The Labute approximate surface area is 135 Å². The van der Waals surface area contributed by atoms with Gasteiger partial charge in [-0.15, -0.1) is 11.3 Å². The summed E-state index contributed by atoms with van der Waals surface area (Å²) in [6.45, 7) is 8.36. The van der Waals surface area contributed by atoms with Crippen molar-refractivity contribution in [3.63, 3.8) is 0 Å². The fraction of sp³-hybridized carbons (Fsp3) is 0.750. The molecule has 1 saturated heterocycles. The highest BCUT2D eigenvalue weighted by atomic mass is 79.9. The Morgan fingerprint density at radius 2 is 2.30 bits per heavy atom. The van der Waals surface area contributed by atoms with Gasteiger partial charge in [-0.2, -0.15) is 0 Å². The second-order valence-corrected chi connectivity index (χ2v) is 9.04. The second kappa shape index (κ2) is 6.47. The molecule has 0 bridgehead atoms. The number of nitrogens with one attached hydrogen (secondary N) is 1. The zero-order valence-electron chi connectivity index (χ0n) is 12.5. The van der Waals surface area contributed by atoms with E-state index in [9.17, 15) is 0 Å². The van der Waals surface area contributed by atoms with Crippen LogP contribution in [0.4, 0.5) is 0 Å². The van der Waals surface area contributed by atoms with Crippen molar-refractivity contribution in [1.29, 1.82) is 0 Å². The summed E-state index contributed by atoms with van der Waals surface area (Å²) in [6.07, 6.45) is 5.27. The van der Waals surface area contributed by atoms with Crippen LogP contribution in [0.2, 0.25) is 0 Å². The minimum atomic E-state index is 0.592. The van der Waals surface area contributed by atoms with Crippen molar-refractivity contribution >= 4 is 27.3 Å². The first-order chi connectivity index (χ1) is 9.63. The first-order valence-electron chi connectivity index (χ1n) is 7.89. The highest BCUT2D eigenvalue weighted by molar-refractivity contribution is 9.11. The Morgan fingerprint density at radius 1 is 1.45 bits per heavy atom. The van der Waals surface area contributed by atoms with E-state index in [0.717, 1.165) is 5.92 Å². The van der Waals surface area contributed by atoms with E-state index in [0.29, 0.717) is 12.1 Å². The van der Waals surface area contributed by atoms with Gasteiger partial charge >= 0.3 is 0 Å². The molecule has 4 heteroatoms. The van der Waals surface area contributed by atoms with Gasteiger partial charge in [-0.05, 0) is 86.1 Å². The van der Waals surface area contributed by atoms with Crippen molar-refractivity contribution in [3.8, 4) is 0 Å². The predicted molar refractivity (Wildman–Crippen MR) is 90.5 cm³/mol. The first-order valence-corrected chi connectivity index (χ1v) is 9.50. The van der Waals surface area contributed by atoms with E-state index in [1.165, 1.54) is 49.1 Å². The molecule has 1 fully saturated rings. The molecular formula is C16H25BrN2S. The maximum absolute atomic E-state index is 3.85. The van der Waals surface area contributed by atoms with Gasteiger partial charge in [0.2, 0.25) is 0 Å². The van der Waals surface area contributed by atoms with Crippen molar-refractivity contribution < 1.29 is 0 Å². The molecule has 0 aromatic carbocycles. The summed E-state index contributed by atoms with van der Waals surface area (Å²) in [5.41, 5.74) is 1.56. The minimum absolute atomic E-state index is 0.592. The molecule has 0 amide bonds. The van der Waals surface area contributed by atoms with Crippen LogP contribution in [0, 0.1) is 5.92 Å². The van der Waals surface area contributed by atoms with Gasteiger partial charge in [0.05, 0.1) is 3.79 Å². The summed E-state index contributed by atoms with van der Waals surface area (Å²) in [6, 6.07) is 3.63. The Kier molecular flexibility index (Phi) is 4.86. The largest absolute Gasteiger partial charge is 0.310 e. The number of aryl methyl sites for hydroxylation is 1. The molecule has 112 valence electrons. The zero-order chi connectivity index (χ0) is 14.1. The third kappa shape index (κ3) is 3.29. The Balaban J connectivity index is 1.55. The number of fused-ring (bicyclic) bond motifs is 1. The van der Waals surface area contributed by atoms with Crippen LogP contribution >= 0.6 is 27.3 Å². The smallest absolute Gasteiger partial charge is 0.0704 e. The second-order valence-electron chi connectivity index (χ2n) is 6.53. The number of thiophene rings is 1. The number of hydrogen-bond acceptors (Lipinski definition) is 3. The standard InChI is InChI=1S/C16H25BrN2S/c1-11(2)19-7-6-12(10-19)9-18-14-4-3-5-15-13(14)8-16(17)20-15/h8,11-12,14,18H,3-7,9-10H2,1-2H3. The molecule has 0 spiro atoms. The molecular weight excluding hydrogens is 332 g/mol. The van der Waals surface area contributed by atoms with Gasteiger partial charge in [-0.1, -0.05) is 0 Å². The average Bonchev–Trinajstić information content (AvgIpc) is 3.01. The summed E-state index contributed by atoms with van der Waals surface area (Å²) in [5, 5.41) is 3.85. The topological polar surface area (TPSA) is 15.3 Å².